The van der Waals surface area contributed by atoms with Gasteiger partial charge < -0.3 is 10.5 Å². The van der Waals surface area contributed by atoms with Crippen LogP contribution in [0.5, 0.6) is 0 Å². The van der Waals surface area contributed by atoms with Gasteiger partial charge in [0.15, 0.2) is 9.84 Å². The number of sulfone groups is 1. The van der Waals surface area contributed by atoms with E-state index in [-0.39, 0.29) is 10.6 Å². The van der Waals surface area contributed by atoms with Crippen LogP contribution in [0.2, 0.25) is 0 Å². The van der Waals surface area contributed by atoms with E-state index in [1.165, 1.54) is 6.07 Å². The van der Waals surface area contributed by atoms with Gasteiger partial charge in [-0.25, -0.2) is 8.42 Å². The fourth-order valence-corrected chi connectivity index (χ4v) is 2.55. The molecule has 0 unspecified atom stereocenters. The third-order valence-corrected chi connectivity index (χ3v) is 3.78. The van der Waals surface area contributed by atoms with Crippen molar-refractivity contribution in [3.05, 3.63) is 24.3 Å². The van der Waals surface area contributed by atoms with Crippen LogP contribution in [0.1, 0.15) is 6.42 Å². The van der Waals surface area contributed by atoms with Gasteiger partial charge in [-0.2, -0.15) is 0 Å². The molecule has 0 bridgehead atoms. The van der Waals surface area contributed by atoms with Gasteiger partial charge in [-0.3, -0.25) is 0 Å². The van der Waals surface area contributed by atoms with Gasteiger partial charge in [-0.1, -0.05) is 6.07 Å². The lowest BCUT2D eigenvalue weighted by atomic mass is 10.3. The summed E-state index contributed by atoms with van der Waals surface area (Å²) in [6.07, 6.45) is 0.494. The molecule has 84 valence electrons. The number of benzene rings is 1. The summed E-state index contributed by atoms with van der Waals surface area (Å²) in [5.41, 5.74) is 5.98. The number of anilines is 1. The number of hydrogen-bond donors (Lipinski definition) is 1. The first-order chi connectivity index (χ1) is 7.06. The Labute approximate surface area is 90.0 Å². The maximum Gasteiger partial charge on any atom is 0.178 e. The topological polar surface area (TPSA) is 69.4 Å². The highest BCUT2D eigenvalue weighted by atomic mass is 32.2. The predicted octanol–water partition coefficient (Wildman–Crippen LogP) is 1.08. The van der Waals surface area contributed by atoms with Gasteiger partial charge in [0.1, 0.15) is 0 Å². The van der Waals surface area contributed by atoms with Gasteiger partial charge >= 0.3 is 0 Å². The molecule has 0 amide bonds. The summed E-state index contributed by atoms with van der Waals surface area (Å²) in [5, 5.41) is 0. The normalized spacial score (nSPS) is 11.5. The Morgan fingerprint density at radius 3 is 2.73 bits per heavy atom. The van der Waals surface area contributed by atoms with E-state index in [1.54, 1.807) is 25.3 Å². The molecule has 1 rings (SSSR count). The highest BCUT2D eigenvalue weighted by Crippen LogP contribution is 2.15. The number of ether oxygens (including phenoxy) is 1. The van der Waals surface area contributed by atoms with Crippen LogP contribution in [-0.2, 0) is 14.6 Å². The van der Waals surface area contributed by atoms with Crippen molar-refractivity contribution in [1.29, 1.82) is 0 Å². The van der Waals surface area contributed by atoms with E-state index >= 15 is 0 Å². The number of nitrogens with two attached hydrogens (primary N) is 1. The van der Waals surface area contributed by atoms with Crippen LogP contribution in [0.4, 0.5) is 5.69 Å². The Balaban J connectivity index is 2.77. The van der Waals surface area contributed by atoms with Gasteiger partial charge in [0.2, 0.25) is 0 Å². The van der Waals surface area contributed by atoms with Crippen LogP contribution < -0.4 is 5.73 Å². The molecule has 1 aromatic rings. The summed E-state index contributed by atoms with van der Waals surface area (Å²) in [7, 11) is -1.67. The lowest BCUT2D eigenvalue weighted by Gasteiger charge is -2.04. The molecular formula is C10H15NO3S. The van der Waals surface area contributed by atoms with E-state index < -0.39 is 9.84 Å². The molecule has 4 nitrogen and oxygen atoms in total. The van der Waals surface area contributed by atoms with Crippen molar-refractivity contribution < 1.29 is 13.2 Å². The lowest BCUT2D eigenvalue weighted by Crippen LogP contribution is -2.09. The number of hydrogen-bond acceptors (Lipinski definition) is 4. The third-order valence-electron chi connectivity index (χ3n) is 1.98. The second kappa shape index (κ2) is 5.14. The average Bonchev–Trinajstić information content (AvgIpc) is 2.18. The molecular weight excluding hydrogens is 214 g/mol. The minimum absolute atomic E-state index is 0.0876. The molecule has 0 radical (unpaired) electrons. The molecule has 0 aliphatic carbocycles. The minimum Gasteiger partial charge on any atom is -0.399 e. The summed E-state index contributed by atoms with van der Waals surface area (Å²) >= 11 is 0. The maximum atomic E-state index is 11.7. The summed E-state index contributed by atoms with van der Waals surface area (Å²) in [6, 6.07) is 6.33. The second-order valence-corrected chi connectivity index (χ2v) is 5.35. The summed E-state index contributed by atoms with van der Waals surface area (Å²) < 4.78 is 28.3. The van der Waals surface area contributed by atoms with Gasteiger partial charge in [0.25, 0.3) is 0 Å². The Bertz CT molecular complexity index is 414. The molecule has 0 aromatic heterocycles. The molecule has 0 saturated carbocycles. The van der Waals surface area contributed by atoms with E-state index in [0.29, 0.717) is 18.7 Å². The van der Waals surface area contributed by atoms with Crippen molar-refractivity contribution in [3.8, 4) is 0 Å². The Morgan fingerprint density at radius 2 is 2.13 bits per heavy atom. The number of methoxy groups -OCH3 is 1. The molecule has 0 aliphatic heterocycles. The van der Waals surface area contributed by atoms with Crippen LogP contribution in [0.3, 0.4) is 0 Å². The van der Waals surface area contributed by atoms with Gasteiger partial charge in [-0.15, -0.1) is 0 Å². The molecule has 0 fully saturated rings. The molecule has 0 spiro atoms. The van der Waals surface area contributed by atoms with Crippen molar-refractivity contribution in [2.75, 3.05) is 25.2 Å². The lowest BCUT2D eigenvalue weighted by molar-refractivity contribution is 0.199. The smallest absolute Gasteiger partial charge is 0.178 e. The molecule has 0 atom stereocenters. The number of nitrogen functional groups attached to an aromatic ring is 1. The van der Waals surface area contributed by atoms with Crippen LogP contribution in [0.15, 0.2) is 29.2 Å². The van der Waals surface area contributed by atoms with E-state index in [1.807, 2.05) is 0 Å². The van der Waals surface area contributed by atoms with E-state index in [0.717, 1.165) is 0 Å². The molecule has 2 N–H and O–H groups in total. The zero-order valence-electron chi connectivity index (χ0n) is 8.64. The van der Waals surface area contributed by atoms with Crippen LogP contribution >= 0.6 is 0 Å². The van der Waals surface area contributed by atoms with Crippen molar-refractivity contribution in [2.24, 2.45) is 0 Å². The van der Waals surface area contributed by atoms with E-state index in [4.69, 9.17) is 10.5 Å². The van der Waals surface area contributed by atoms with Crippen molar-refractivity contribution in [2.45, 2.75) is 11.3 Å². The average molecular weight is 229 g/mol. The van der Waals surface area contributed by atoms with Crippen molar-refractivity contribution in [3.63, 3.8) is 0 Å². The van der Waals surface area contributed by atoms with E-state index in [9.17, 15) is 8.42 Å². The number of rotatable bonds is 5. The second-order valence-electron chi connectivity index (χ2n) is 3.24. The Kier molecular flexibility index (Phi) is 4.11. The highest BCUT2D eigenvalue weighted by molar-refractivity contribution is 7.91. The molecule has 15 heavy (non-hydrogen) atoms. The minimum atomic E-state index is -3.22. The SMILES string of the molecule is COCCCS(=O)(=O)c1cccc(N)c1. The van der Waals surface area contributed by atoms with Crippen LogP contribution in [0, 0.1) is 0 Å². The summed E-state index contributed by atoms with van der Waals surface area (Å²) in [4.78, 5) is 0.276. The Hall–Kier alpha value is -1.07. The van der Waals surface area contributed by atoms with Crippen LogP contribution in [0.25, 0.3) is 0 Å². The fourth-order valence-electron chi connectivity index (χ4n) is 1.22. The summed E-state index contributed by atoms with van der Waals surface area (Å²) in [5.74, 6) is 0.0876. The highest BCUT2D eigenvalue weighted by Gasteiger charge is 2.13. The third kappa shape index (κ3) is 3.53. The zero-order valence-corrected chi connectivity index (χ0v) is 9.46. The quantitative estimate of drug-likeness (QED) is 0.606. The first-order valence-electron chi connectivity index (χ1n) is 4.63. The van der Waals surface area contributed by atoms with E-state index in [2.05, 4.69) is 0 Å². The van der Waals surface area contributed by atoms with Gasteiger partial charge in [-0.05, 0) is 24.6 Å². The largest absolute Gasteiger partial charge is 0.399 e. The molecule has 0 aliphatic rings. The van der Waals surface area contributed by atoms with Crippen LogP contribution in [-0.4, -0.2) is 27.9 Å². The summed E-state index contributed by atoms with van der Waals surface area (Å²) in [6.45, 7) is 0.446. The maximum absolute atomic E-state index is 11.7. The predicted molar refractivity (Wildman–Crippen MR) is 59.4 cm³/mol. The molecule has 0 saturated heterocycles. The van der Waals surface area contributed by atoms with Gasteiger partial charge in [0.05, 0.1) is 10.6 Å². The monoisotopic (exact) mass is 229 g/mol. The Morgan fingerprint density at radius 1 is 1.40 bits per heavy atom. The fraction of sp³-hybridized carbons (Fsp3) is 0.400. The van der Waals surface area contributed by atoms with Crippen molar-refractivity contribution in [1.82, 2.24) is 0 Å². The molecule has 0 heterocycles. The zero-order chi connectivity index (χ0) is 11.3. The molecule has 5 heteroatoms. The first kappa shape index (κ1) is 12.0. The van der Waals surface area contributed by atoms with Crippen molar-refractivity contribution >= 4 is 15.5 Å². The first-order valence-corrected chi connectivity index (χ1v) is 6.29. The van der Waals surface area contributed by atoms with Gasteiger partial charge in [0, 0.05) is 19.4 Å². The molecule has 1 aromatic carbocycles. The standard InChI is InChI=1S/C10H15NO3S/c1-14-6-3-7-15(12,13)10-5-2-4-9(11)8-10/h2,4-5,8H,3,6-7,11H2,1H3.